The fraction of sp³-hybridized carbons (Fsp3) is 0.750. The van der Waals surface area contributed by atoms with Gasteiger partial charge in [0.05, 0.1) is 17.8 Å². The van der Waals surface area contributed by atoms with E-state index < -0.39 is 0 Å². The Kier molecular flexibility index (Phi) is 5.16. The molecule has 0 spiro atoms. The van der Waals surface area contributed by atoms with Crippen molar-refractivity contribution in [2.24, 2.45) is 5.92 Å². The molecule has 2 aliphatic carbocycles. The Morgan fingerprint density at radius 3 is 2.46 bits per heavy atom. The molecule has 0 unspecified atom stereocenters. The van der Waals surface area contributed by atoms with Gasteiger partial charge in [0.15, 0.2) is 0 Å². The van der Waals surface area contributed by atoms with E-state index in [0.717, 1.165) is 24.6 Å². The van der Waals surface area contributed by atoms with Crippen LogP contribution in [0.15, 0.2) is 24.4 Å². The van der Waals surface area contributed by atoms with E-state index in [-0.39, 0.29) is 6.10 Å². The number of hydrogen-bond acceptors (Lipinski definition) is 4. The van der Waals surface area contributed by atoms with E-state index in [4.69, 9.17) is 0 Å². The summed E-state index contributed by atoms with van der Waals surface area (Å²) in [6, 6.07) is 7.95. The number of aliphatic hydroxyl groups is 1. The molecular formula is C20H31N3O. The molecule has 3 fully saturated rings. The minimum Gasteiger partial charge on any atom is -0.393 e. The van der Waals surface area contributed by atoms with Gasteiger partial charge in [0, 0.05) is 18.3 Å². The molecule has 1 saturated heterocycles. The quantitative estimate of drug-likeness (QED) is 0.872. The van der Waals surface area contributed by atoms with Crippen molar-refractivity contribution in [3.63, 3.8) is 0 Å². The first kappa shape index (κ1) is 16.5. The van der Waals surface area contributed by atoms with Crippen LogP contribution < -0.4 is 5.32 Å². The van der Waals surface area contributed by atoms with Gasteiger partial charge in [0.1, 0.15) is 0 Å². The molecule has 0 radical (unpaired) electrons. The molecule has 2 heterocycles. The molecule has 0 aromatic carbocycles. The fourth-order valence-corrected chi connectivity index (χ4v) is 4.88. The third-order valence-electron chi connectivity index (χ3n) is 6.41. The Morgan fingerprint density at radius 1 is 1.08 bits per heavy atom. The number of piperidine rings is 1. The van der Waals surface area contributed by atoms with Gasteiger partial charge in [-0.15, -0.1) is 0 Å². The van der Waals surface area contributed by atoms with Gasteiger partial charge < -0.3 is 15.3 Å². The van der Waals surface area contributed by atoms with Crippen molar-refractivity contribution in [1.29, 1.82) is 0 Å². The van der Waals surface area contributed by atoms with Gasteiger partial charge in [-0.2, -0.15) is 0 Å². The van der Waals surface area contributed by atoms with Gasteiger partial charge in [-0.25, -0.2) is 0 Å². The maximum atomic E-state index is 9.72. The number of pyridine rings is 1. The second kappa shape index (κ2) is 7.51. The predicted molar refractivity (Wildman–Crippen MR) is 95.7 cm³/mol. The minimum atomic E-state index is -0.104. The number of aromatic nitrogens is 1. The van der Waals surface area contributed by atoms with Crippen LogP contribution in [-0.4, -0.2) is 46.3 Å². The Morgan fingerprint density at radius 2 is 1.83 bits per heavy atom. The number of nitrogens with zero attached hydrogens (tertiary/aromatic N) is 2. The summed E-state index contributed by atoms with van der Waals surface area (Å²) in [7, 11) is 0. The van der Waals surface area contributed by atoms with Gasteiger partial charge in [0.25, 0.3) is 0 Å². The lowest BCUT2D eigenvalue weighted by Crippen LogP contribution is -2.49. The van der Waals surface area contributed by atoms with E-state index in [1.165, 1.54) is 51.6 Å². The monoisotopic (exact) mass is 329 g/mol. The molecule has 4 nitrogen and oxygen atoms in total. The highest BCUT2D eigenvalue weighted by atomic mass is 16.3. The van der Waals surface area contributed by atoms with E-state index in [1.54, 1.807) is 0 Å². The number of likely N-dealkylation sites (tertiary alicyclic amines) is 1. The van der Waals surface area contributed by atoms with Crippen LogP contribution in [0.2, 0.25) is 0 Å². The van der Waals surface area contributed by atoms with E-state index >= 15 is 0 Å². The van der Waals surface area contributed by atoms with E-state index in [1.807, 2.05) is 12.3 Å². The van der Waals surface area contributed by atoms with Crippen LogP contribution in [-0.2, 0) is 0 Å². The van der Waals surface area contributed by atoms with Crippen LogP contribution in [0.25, 0.3) is 0 Å². The van der Waals surface area contributed by atoms with E-state index in [2.05, 4.69) is 27.3 Å². The summed E-state index contributed by atoms with van der Waals surface area (Å²) >= 11 is 0. The van der Waals surface area contributed by atoms with Crippen molar-refractivity contribution in [2.45, 2.75) is 75.6 Å². The number of nitrogens with one attached hydrogen (secondary N) is 1. The molecule has 2 saturated carbocycles. The molecule has 0 bridgehead atoms. The van der Waals surface area contributed by atoms with Crippen molar-refractivity contribution < 1.29 is 5.11 Å². The van der Waals surface area contributed by atoms with Crippen LogP contribution in [0.3, 0.4) is 0 Å². The SMILES string of the molecule is OC1CC([C@@H](NC2CCN(C3CCCC3)CC2)c2ccccn2)C1. The smallest absolute Gasteiger partial charge is 0.0576 e. The first-order valence-corrected chi connectivity index (χ1v) is 9.88. The molecule has 1 aromatic heterocycles. The average Bonchev–Trinajstić information content (AvgIpc) is 3.13. The molecule has 132 valence electrons. The Balaban J connectivity index is 1.35. The molecule has 1 aromatic rings. The molecule has 1 aliphatic heterocycles. The number of aliphatic hydroxyl groups excluding tert-OH is 1. The van der Waals surface area contributed by atoms with Gasteiger partial charge in [-0.1, -0.05) is 18.9 Å². The van der Waals surface area contributed by atoms with Gasteiger partial charge >= 0.3 is 0 Å². The Bertz CT molecular complexity index is 503. The fourth-order valence-electron chi connectivity index (χ4n) is 4.88. The summed E-state index contributed by atoms with van der Waals surface area (Å²) in [5, 5.41) is 13.6. The van der Waals surface area contributed by atoms with Crippen molar-refractivity contribution in [3.05, 3.63) is 30.1 Å². The lowest BCUT2D eigenvalue weighted by atomic mass is 9.75. The first-order chi connectivity index (χ1) is 11.8. The maximum Gasteiger partial charge on any atom is 0.0576 e. The summed E-state index contributed by atoms with van der Waals surface area (Å²) in [6.45, 7) is 2.48. The second-order valence-corrected chi connectivity index (χ2v) is 8.03. The summed E-state index contributed by atoms with van der Waals surface area (Å²) in [4.78, 5) is 7.33. The van der Waals surface area contributed by atoms with Crippen LogP contribution in [0.1, 0.15) is 63.1 Å². The largest absolute Gasteiger partial charge is 0.393 e. The highest BCUT2D eigenvalue weighted by Gasteiger charge is 2.37. The standard InChI is InChI=1S/C20H31N3O/c24-18-13-15(14-18)20(19-7-3-4-10-21-19)22-16-8-11-23(12-9-16)17-5-1-2-6-17/h3-4,7,10,15-18,20,22,24H,1-2,5-6,8-9,11-14H2/t15?,18?,20-/m1/s1. The predicted octanol–water partition coefficient (Wildman–Crippen LogP) is 2.89. The molecule has 3 aliphatic rings. The molecule has 2 N–H and O–H groups in total. The number of hydrogen-bond donors (Lipinski definition) is 2. The third-order valence-corrected chi connectivity index (χ3v) is 6.41. The Labute approximate surface area is 145 Å². The van der Waals surface area contributed by atoms with Crippen molar-refractivity contribution >= 4 is 0 Å². The molecule has 4 heteroatoms. The Hall–Kier alpha value is -0.970. The molecular weight excluding hydrogens is 298 g/mol. The molecule has 0 amide bonds. The third kappa shape index (κ3) is 3.66. The van der Waals surface area contributed by atoms with Gasteiger partial charge in [0.2, 0.25) is 0 Å². The second-order valence-electron chi connectivity index (χ2n) is 8.03. The maximum absolute atomic E-state index is 9.72. The first-order valence-electron chi connectivity index (χ1n) is 9.88. The highest BCUT2D eigenvalue weighted by Crippen LogP contribution is 2.38. The molecule has 24 heavy (non-hydrogen) atoms. The van der Waals surface area contributed by atoms with E-state index in [9.17, 15) is 5.11 Å². The summed E-state index contributed by atoms with van der Waals surface area (Å²) in [6.07, 6.45) is 11.8. The summed E-state index contributed by atoms with van der Waals surface area (Å²) < 4.78 is 0. The zero-order chi connectivity index (χ0) is 16.4. The summed E-state index contributed by atoms with van der Waals surface area (Å²) in [5.41, 5.74) is 1.15. The highest BCUT2D eigenvalue weighted by molar-refractivity contribution is 5.12. The van der Waals surface area contributed by atoms with Crippen molar-refractivity contribution in [3.8, 4) is 0 Å². The normalized spacial score (nSPS) is 31.0. The lowest BCUT2D eigenvalue weighted by Gasteiger charge is -2.42. The topological polar surface area (TPSA) is 48.4 Å². The summed E-state index contributed by atoms with van der Waals surface area (Å²) in [5.74, 6) is 0.530. The van der Waals surface area contributed by atoms with Crippen molar-refractivity contribution in [2.75, 3.05) is 13.1 Å². The zero-order valence-corrected chi connectivity index (χ0v) is 14.6. The lowest BCUT2D eigenvalue weighted by molar-refractivity contribution is 0.0182. The van der Waals surface area contributed by atoms with Crippen LogP contribution >= 0.6 is 0 Å². The van der Waals surface area contributed by atoms with Crippen LogP contribution in [0.4, 0.5) is 0 Å². The molecule has 1 atom stereocenters. The average molecular weight is 329 g/mol. The minimum absolute atomic E-state index is 0.104. The van der Waals surface area contributed by atoms with E-state index in [0.29, 0.717) is 18.0 Å². The zero-order valence-electron chi connectivity index (χ0n) is 14.6. The van der Waals surface area contributed by atoms with Crippen molar-refractivity contribution in [1.82, 2.24) is 15.2 Å². The van der Waals surface area contributed by atoms with Crippen LogP contribution in [0, 0.1) is 5.92 Å². The van der Waals surface area contributed by atoms with Gasteiger partial charge in [-0.3, -0.25) is 4.98 Å². The molecule has 4 rings (SSSR count). The van der Waals surface area contributed by atoms with Crippen LogP contribution in [0.5, 0.6) is 0 Å². The number of rotatable bonds is 5. The van der Waals surface area contributed by atoms with Gasteiger partial charge in [-0.05, 0) is 69.7 Å².